The zero-order valence-electron chi connectivity index (χ0n) is 12.2. The fourth-order valence-electron chi connectivity index (χ4n) is 1.85. The van der Waals surface area contributed by atoms with Crippen molar-refractivity contribution in [3.8, 4) is 22.2 Å². The highest BCUT2D eigenvalue weighted by Crippen LogP contribution is 2.33. The molecule has 0 unspecified atom stereocenters. The molecule has 0 atom stereocenters. The molecule has 5 nitrogen and oxygen atoms in total. The van der Waals surface area contributed by atoms with Crippen molar-refractivity contribution in [1.29, 1.82) is 0 Å². The van der Waals surface area contributed by atoms with E-state index in [9.17, 15) is 31.1 Å². The molecule has 3 heterocycles. The topological polar surface area (TPSA) is 68.9 Å². The smallest absolute Gasteiger partial charge is 0.333 e. The summed E-state index contributed by atoms with van der Waals surface area (Å²) in [4.78, 5) is 17.9. The molecular weight excluding hydrogens is 388 g/mol. The van der Waals surface area contributed by atoms with Gasteiger partial charge >= 0.3 is 12.4 Å². The monoisotopic (exact) mass is 393 g/mol. The van der Waals surface area contributed by atoms with Crippen LogP contribution in [-0.2, 0) is 6.18 Å². The van der Waals surface area contributed by atoms with Crippen molar-refractivity contribution in [1.82, 2.24) is 15.1 Å². The molecule has 0 aliphatic carbocycles. The molecule has 0 amide bonds. The van der Waals surface area contributed by atoms with Crippen LogP contribution in [0.3, 0.4) is 0 Å². The van der Waals surface area contributed by atoms with Crippen LogP contribution in [-0.4, -0.2) is 27.1 Å². The maximum Gasteiger partial charge on any atom is 0.455 e. The van der Waals surface area contributed by atoms with Crippen molar-refractivity contribution in [2.45, 2.75) is 12.4 Å². The van der Waals surface area contributed by atoms with E-state index in [1.54, 1.807) is 0 Å². The van der Waals surface area contributed by atoms with Crippen LogP contribution < -0.4 is 0 Å². The van der Waals surface area contributed by atoms with Gasteiger partial charge in [-0.15, -0.1) is 11.3 Å². The Labute approximate surface area is 144 Å². The Morgan fingerprint density at radius 2 is 1.77 bits per heavy atom. The molecular formula is C14H5F6N3O2S. The normalized spacial score (nSPS) is 12.4. The molecule has 0 radical (unpaired) electrons. The SMILES string of the molecule is O=C(c1ccc(-c2nc(-c3ccc(C(F)(F)F)nc3)no2)s1)C(F)(F)F. The van der Waals surface area contributed by atoms with Gasteiger partial charge in [0, 0.05) is 11.8 Å². The second-order valence-electron chi connectivity index (χ2n) is 4.84. The molecule has 0 saturated heterocycles. The molecule has 3 rings (SSSR count). The lowest BCUT2D eigenvalue weighted by Gasteiger charge is -2.04. The van der Waals surface area contributed by atoms with Gasteiger partial charge in [-0.2, -0.15) is 31.3 Å². The maximum atomic E-state index is 12.5. The Kier molecular flexibility index (Phi) is 4.30. The van der Waals surface area contributed by atoms with Gasteiger partial charge in [0.1, 0.15) is 5.69 Å². The minimum atomic E-state index is -5.01. The van der Waals surface area contributed by atoms with Crippen molar-refractivity contribution >= 4 is 17.1 Å². The number of rotatable bonds is 3. The highest BCUT2D eigenvalue weighted by atomic mass is 32.1. The van der Waals surface area contributed by atoms with Crippen LogP contribution in [0, 0.1) is 0 Å². The molecule has 0 saturated carbocycles. The summed E-state index contributed by atoms with van der Waals surface area (Å²) >= 11 is 0.505. The summed E-state index contributed by atoms with van der Waals surface area (Å²) in [6.07, 6.45) is -8.71. The third kappa shape index (κ3) is 3.59. The fourth-order valence-corrected chi connectivity index (χ4v) is 2.74. The Morgan fingerprint density at radius 3 is 2.35 bits per heavy atom. The summed E-state index contributed by atoms with van der Waals surface area (Å²) in [7, 11) is 0. The fraction of sp³-hybridized carbons (Fsp3) is 0.143. The molecule has 0 aromatic carbocycles. The van der Waals surface area contributed by atoms with E-state index in [0.29, 0.717) is 11.3 Å². The first kappa shape index (κ1) is 18.0. The van der Waals surface area contributed by atoms with E-state index < -0.39 is 28.7 Å². The van der Waals surface area contributed by atoms with Gasteiger partial charge in [-0.25, -0.2) is 0 Å². The van der Waals surface area contributed by atoms with Gasteiger partial charge in [-0.3, -0.25) is 9.78 Å². The minimum Gasteiger partial charge on any atom is -0.333 e. The number of thiophene rings is 1. The summed E-state index contributed by atoms with van der Waals surface area (Å²) in [5.74, 6) is -2.27. The lowest BCUT2D eigenvalue weighted by molar-refractivity contribution is -0.141. The first-order valence-corrected chi connectivity index (χ1v) is 7.46. The number of nitrogens with zero attached hydrogens (tertiary/aromatic N) is 3. The van der Waals surface area contributed by atoms with Crippen LogP contribution >= 0.6 is 11.3 Å². The van der Waals surface area contributed by atoms with Crippen molar-refractivity contribution < 1.29 is 35.7 Å². The van der Waals surface area contributed by atoms with Crippen LogP contribution in [0.2, 0.25) is 0 Å². The Balaban J connectivity index is 1.85. The third-order valence-electron chi connectivity index (χ3n) is 3.04. The van der Waals surface area contributed by atoms with E-state index >= 15 is 0 Å². The molecule has 0 fully saturated rings. The predicted octanol–water partition coefficient (Wildman–Crippen LogP) is 4.62. The summed E-state index contributed by atoms with van der Waals surface area (Å²) in [6, 6.07) is 3.99. The first-order valence-electron chi connectivity index (χ1n) is 6.65. The van der Waals surface area contributed by atoms with Crippen molar-refractivity contribution in [3.05, 3.63) is 41.0 Å². The minimum absolute atomic E-state index is 0.0988. The lowest BCUT2D eigenvalue weighted by atomic mass is 10.2. The summed E-state index contributed by atoms with van der Waals surface area (Å²) in [5.41, 5.74) is -0.977. The molecule has 3 aromatic rings. The average molecular weight is 393 g/mol. The number of alkyl halides is 6. The molecule has 26 heavy (non-hydrogen) atoms. The van der Waals surface area contributed by atoms with E-state index in [-0.39, 0.29) is 22.2 Å². The molecule has 0 spiro atoms. The van der Waals surface area contributed by atoms with Gasteiger partial charge < -0.3 is 4.52 Å². The second kappa shape index (κ2) is 6.20. The summed E-state index contributed by atoms with van der Waals surface area (Å²) < 4.78 is 79.6. The van der Waals surface area contributed by atoms with Crippen LogP contribution in [0.15, 0.2) is 35.0 Å². The van der Waals surface area contributed by atoms with Gasteiger partial charge in [0.15, 0.2) is 0 Å². The van der Waals surface area contributed by atoms with Gasteiger partial charge in [-0.1, -0.05) is 5.16 Å². The largest absolute Gasteiger partial charge is 0.455 e. The number of carbonyl (C=O) groups is 1. The average Bonchev–Trinajstić information content (AvgIpc) is 3.22. The molecule has 0 bridgehead atoms. The molecule has 136 valence electrons. The van der Waals surface area contributed by atoms with E-state index in [2.05, 4.69) is 15.1 Å². The van der Waals surface area contributed by atoms with Gasteiger partial charge in [0.2, 0.25) is 5.82 Å². The maximum absolute atomic E-state index is 12.5. The zero-order chi connectivity index (χ0) is 19.1. The van der Waals surface area contributed by atoms with Crippen LogP contribution in [0.4, 0.5) is 26.3 Å². The van der Waals surface area contributed by atoms with Crippen LogP contribution in [0.25, 0.3) is 22.2 Å². The van der Waals surface area contributed by atoms with Gasteiger partial charge in [0.05, 0.1) is 9.75 Å². The molecule has 0 aliphatic heterocycles. The Bertz CT molecular complexity index is 943. The second-order valence-corrected chi connectivity index (χ2v) is 5.93. The summed E-state index contributed by atoms with van der Waals surface area (Å²) in [5, 5.41) is 3.55. The zero-order valence-corrected chi connectivity index (χ0v) is 13.0. The molecule has 12 heteroatoms. The molecule has 0 aliphatic rings. The Morgan fingerprint density at radius 1 is 1.04 bits per heavy atom. The molecule has 3 aromatic heterocycles. The van der Waals surface area contributed by atoms with E-state index in [1.165, 1.54) is 6.07 Å². The highest BCUT2D eigenvalue weighted by Gasteiger charge is 2.40. The number of aromatic nitrogens is 3. The van der Waals surface area contributed by atoms with Crippen molar-refractivity contribution in [3.63, 3.8) is 0 Å². The van der Waals surface area contributed by atoms with Crippen LogP contribution in [0.5, 0.6) is 0 Å². The number of hydrogen-bond acceptors (Lipinski definition) is 6. The van der Waals surface area contributed by atoms with Crippen molar-refractivity contribution in [2.75, 3.05) is 0 Å². The number of pyridine rings is 1. The Hall–Kier alpha value is -2.76. The highest BCUT2D eigenvalue weighted by molar-refractivity contribution is 7.17. The van der Waals surface area contributed by atoms with E-state index in [0.717, 1.165) is 24.4 Å². The summed E-state index contributed by atoms with van der Waals surface area (Å²) in [6.45, 7) is 0. The standard InChI is InChI=1S/C14H5F6N3O2S/c15-13(16,17)9-4-1-6(5-21-9)11-22-12(25-23-11)8-3-2-7(26-8)10(24)14(18,19)20/h1-5H. The lowest BCUT2D eigenvalue weighted by Crippen LogP contribution is -2.21. The van der Waals surface area contributed by atoms with E-state index in [4.69, 9.17) is 4.52 Å². The number of carbonyl (C=O) groups excluding carboxylic acids is 1. The van der Waals surface area contributed by atoms with Crippen molar-refractivity contribution in [2.24, 2.45) is 0 Å². The van der Waals surface area contributed by atoms with Gasteiger partial charge in [0.25, 0.3) is 11.7 Å². The van der Waals surface area contributed by atoms with Gasteiger partial charge in [-0.05, 0) is 24.3 Å². The van der Waals surface area contributed by atoms with Crippen LogP contribution in [0.1, 0.15) is 15.4 Å². The van der Waals surface area contributed by atoms with E-state index in [1.807, 2.05) is 0 Å². The third-order valence-corrected chi connectivity index (χ3v) is 4.11. The number of ketones is 1. The number of Topliss-reactive ketones (excluding diaryl/α,β-unsaturated/α-hetero) is 1. The number of hydrogen-bond donors (Lipinski definition) is 0. The molecule has 0 N–H and O–H groups in total. The predicted molar refractivity (Wildman–Crippen MR) is 76.2 cm³/mol. The first-order chi connectivity index (χ1) is 12.1. The quantitative estimate of drug-likeness (QED) is 0.480. The number of halogens is 6.